The lowest BCUT2D eigenvalue weighted by Gasteiger charge is -2.14. The van der Waals surface area contributed by atoms with E-state index in [-0.39, 0.29) is 22.2 Å². The second kappa shape index (κ2) is 6.74. The Morgan fingerprint density at radius 2 is 1.75 bits per heavy atom. The zero-order chi connectivity index (χ0) is 18.1. The van der Waals surface area contributed by atoms with Gasteiger partial charge >= 0.3 is 0 Å². The van der Waals surface area contributed by atoms with Crippen LogP contribution < -0.4 is 4.72 Å². The highest BCUT2D eigenvalue weighted by atomic mass is 35.5. The molecule has 1 amide bonds. The summed E-state index contributed by atoms with van der Waals surface area (Å²) in [6.45, 7) is 0. The monoisotopic (exact) mass is 374 g/mol. The third-order valence-electron chi connectivity index (χ3n) is 3.07. The number of carbonyl (C=O) groups is 1. The fourth-order valence-electron chi connectivity index (χ4n) is 1.84. The maximum absolute atomic E-state index is 13.2. The van der Waals surface area contributed by atoms with E-state index in [4.69, 9.17) is 11.6 Å². The van der Waals surface area contributed by atoms with E-state index in [1.54, 1.807) is 14.1 Å². The molecule has 0 aliphatic rings. The maximum atomic E-state index is 13.2. The quantitative estimate of drug-likeness (QED) is 0.894. The molecule has 0 spiro atoms. The van der Waals surface area contributed by atoms with Crippen LogP contribution in [-0.4, -0.2) is 33.3 Å². The Hall–Kier alpha value is -2.19. The van der Waals surface area contributed by atoms with Crippen LogP contribution in [-0.2, 0) is 10.0 Å². The highest BCUT2D eigenvalue weighted by Gasteiger charge is 2.19. The molecule has 0 bridgehead atoms. The number of rotatable bonds is 4. The third-order valence-corrected chi connectivity index (χ3v) is 4.76. The van der Waals surface area contributed by atoms with E-state index < -0.39 is 26.6 Å². The second-order valence-corrected chi connectivity index (χ2v) is 7.17. The Labute approximate surface area is 142 Å². The number of hydrogen-bond acceptors (Lipinski definition) is 3. The molecule has 0 atom stereocenters. The van der Waals surface area contributed by atoms with Crippen molar-refractivity contribution in [2.24, 2.45) is 0 Å². The van der Waals surface area contributed by atoms with Crippen molar-refractivity contribution in [1.29, 1.82) is 0 Å². The molecule has 0 aromatic heterocycles. The fraction of sp³-hybridized carbons (Fsp3) is 0.133. The van der Waals surface area contributed by atoms with Crippen molar-refractivity contribution in [3.05, 3.63) is 58.6 Å². The van der Waals surface area contributed by atoms with Gasteiger partial charge in [-0.05, 0) is 36.4 Å². The lowest BCUT2D eigenvalue weighted by molar-refractivity contribution is 0.0827. The first kappa shape index (κ1) is 18.2. The van der Waals surface area contributed by atoms with Gasteiger partial charge in [-0.3, -0.25) is 9.52 Å². The molecule has 0 aliphatic carbocycles. The molecule has 128 valence electrons. The van der Waals surface area contributed by atoms with Gasteiger partial charge in [-0.2, -0.15) is 0 Å². The van der Waals surface area contributed by atoms with Crippen LogP contribution in [0.3, 0.4) is 0 Å². The third kappa shape index (κ3) is 3.82. The van der Waals surface area contributed by atoms with E-state index >= 15 is 0 Å². The minimum atomic E-state index is -4.20. The maximum Gasteiger partial charge on any atom is 0.262 e. The van der Waals surface area contributed by atoms with E-state index in [1.165, 1.54) is 23.1 Å². The van der Waals surface area contributed by atoms with Gasteiger partial charge in [0.25, 0.3) is 15.9 Å². The normalized spacial score (nSPS) is 11.2. The van der Waals surface area contributed by atoms with Crippen molar-refractivity contribution in [3.63, 3.8) is 0 Å². The number of carbonyl (C=O) groups excluding carboxylic acids is 1. The Morgan fingerprint density at radius 1 is 1.08 bits per heavy atom. The molecule has 1 N–H and O–H groups in total. The summed E-state index contributed by atoms with van der Waals surface area (Å²) in [7, 11) is -1.12. The topological polar surface area (TPSA) is 66.5 Å². The van der Waals surface area contributed by atoms with E-state index in [1.807, 2.05) is 0 Å². The molecule has 5 nitrogen and oxygen atoms in total. The molecule has 2 aromatic rings. The van der Waals surface area contributed by atoms with Crippen LogP contribution in [0.1, 0.15) is 10.4 Å². The summed E-state index contributed by atoms with van der Waals surface area (Å²) in [6, 6.07) is 6.25. The molecule has 0 aliphatic heterocycles. The summed E-state index contributed by atoms with van der Waals surface area (Å²) >= 11 is 5.94. The molecule has 24 heavy (non-hydrogen) atoms. The van der Waals surface area contributed by atoms with Crippen LogP contribution in [0.25, 0.3) is 0 Å². The van der Waals surface area contributed by atoms with Gasteiger partial charge in [0.05, 0.1) is 15.6 Å². The summed E-state index contributed by atoms with van der Waals surface area (Å²) in [5, 5.41) is 0.0523. The predicted molar refractivity (Wildman–Crippen MR) is 86.6 cm³/mol. The Bertz CT molecular complexity index is 902. The van der Waals surface area contributed by atoms with Crippen LogP contribution in [0.5, 0.6) is 0 Å². The first-order chi connectivity index (χ1) is 11.1. The minimum Gasteiger partial charge on any atom is -0.345 e. The molecule has 2 aromatic carbocycles. The van der Waals surface area contributed by atoms with Crippen molar-refractivity contribution in [3.8, 4) is 0 Å². The van der Waals surface area contributed by atoms with Gasteiger partial charge in [-0.15, -0.1) is 0 Å². The smallest absolute Gasteiger partial charge is 0.262 e. The van der Waals surface area contributed by atoms with Crippen LogP contribution >= 0.6 is 11.6 Å². The second-order valence-electron chi connectivity index (χ2n) is 5.08. The number of anilines is 1. The van der Waals surface area contributed by atoms with E-state index in [0.29, 0.717) is 12.1 Å². The number of benzene rings is 2. The average Bonchev–Trinajstić information content (AvgIpc) is 2.51. The van der Waals surface area contributed by atoms with Crippen molar-refractivity contribution in [2.45, 2.75) is 4.90 Å². The molecule has 0 heterocycles. The lowest BCUT2D eigenvalue weighted by atomic mass is 10.2. The SMILES string of the molecule is CN(C)C(=O)c1ccc(Cl)c(NS(=O)(=O)c2ccc(F)c(F)c2)c1. The number of nitrogens with zero attached hydrogens (tertiary/aromatic N) is 1. The number of halogens is 3. The Morgan fingerprint density at radius 3 is 2.33 bits per heavy atom. The average molecular weight is 375 g/mol. The summed E-state index contributed by atoms with van der Waals surface area (Å²) in [6.07, 6.45) is 0. The molecule has 0 unspecified atom stereocenters. The molecule has 0 fully saturated rings. The molecule has 0 radical (unpaired) electrons. The summed E-state index contributed by atoms with van der Waals surface area (Å²) < 4.78 is 52.9. The van der Waals surface area contributed by atoms with Gasteiger partial charge in [0.15, 0.2) is 11.6 Å². The Kier molecular flexibility index (Phi) is 5.10. The summed E-state index contributed by atoms with van der Waals surface area (Å²) in [4.78, 5) is 12.8. The number of nitrogens with one attached hydrogen (secondary N) is 1. The number of amides is 1. The largest absolute Gasteiger partial charge is 0.345 e. The molecular formula is C15H13ClF2N2O3S. The number of hydrogen-bond donors (Lipinski definition) is 1. The van der Waals surface area contributed by atoms with Gasteiger partial charge in [-0.1, -0.05) is 11.6 Å². The molecule has 0 saturated heterocycles. The van der Waals surface area contributed by atoms with E-state index in [9.17, 15) is 22.0 Å². The van der Waals surface area contributed by atoms with E-state index in [2.05, 4.69) is 4.72 Å². The van der Waals surface area contributed by atoms with Crippen LogP contribution in [0, 0.1) is 11.6 Å². The Balaban J connectivity index is 2.40. The first-order valence-electron chi connectivity index (χ1n) is 6.61. The minimum absolute atomic E-state index is 0.0471. The highest BCUT2D eigenvalue weighted by molar-refractivity contribution is 7.92. The zero-order valence-electron chi connectivity index (χ0n) is 12.7. The van der Waals surface area contributed by atoms with Crippen molar-refractivity contribution < 1.29 is 22.0 Å². The van der Waals surface area contributed by atoms with Crippen LogP contribution in [0.15, 0.2) is 41.3 Å². The summed E-state index contributed by atoms with van der Waals surface area (Å²) in [5.41, 5.74) is 0.168. The lowest BCUT2D eigenvalue weighted by Crippen LogP contribution is -2.22. The van der Waals surface area contributed by atoms with E-state index in [0.717, 1.165) is 6.07 Å². The first-order valence-corrected chi connectivity index (χ1v) is 8.47. The van der Waals surface area contributed by atoms with Crippen molar-refractivity contribution in [2.75, 3.05) is 18.8 Å². The van der Waals surface area contributed by atoms with Crippen LogP contribution in [0.2, 0.25) is 5.02 Å². The summed E-state index contributed by atoms with van der Waals surface area (Å²) in [5.74, 6) is -2.80. The van der Waals surface area contributed by atoms with Crippen molar-refractivity contribution in [1.82, 2.24) is 4.90 Å². The molecule has 9 heteroatoms. The van der Waals surface area contributed by atoms with Gasteiger partial charge in [0.2, 0.25) is 0 Å². The van der Waals surface area contributed by atoms with Gasteiger partial charge in [-0.25, -0.2) is 17.2 Å². The molecule has 0 saturated carbocycles. The van der Waals surface area contributed by atoms with Crippen molar-refractivity contribution >= 4 is 33.2 Å². The van der Waals surface area contributed by atoms with Gasteiger partial charge < -0.3 is 4.90 Å². The predicted octanol–water partition coefficient (Wildman–Crippen LogP) is 3.12. The zero-order valence-corrected chi connectivity index (χ0v) is 14.3. The fourth-order valence-corrected chi connectivity index (χ4v) is 3.15. The van der Waals surface area contributed by atoms with Gasteiger partial charge in [0, 0.05) is 19.7 Å². The standard InChI is InChI=1S/C15H13ClF2N2O3S/c1-20(2)15(21)9-3-5-11(16)14(7-9)19-24(22,23)10-4-6-12(17)13(18)8-10/h3-8,19H,1-2H3. The highest BCUT2D eigenvalue weighted by Crippen LogP contribution is 2.26. The molecule has 2 rings (SSSR count). The molecular weight excluding hydrogens is 362 g/mol. The van der Waals surface area contributed by atoms with Gasteiger partial charge in [0.1, 0.15) is 0 Å². The van der Waals surface area contributed by atoms with Crippen LogP contribution in [0.4, 0.5) is 14.5 Å². The number of sulfonamides is 1.